The smallest absolute Gasteiger partial charge is 0.145 e. The van der Waals surface area contributed by atoms with E-state index in [9.17, 15) is 5.11 Å². The number of aryl methyl sites for hydroxylation is 1. The Morgan fingerprint density at radius 2 is 2.53 bits per heavy atom. The highest BCUT2D eigenvalue weighted by Crippen LogP contribution is 2.29. The van der Waals surface area contributed by atoms with E-state index in [0.717, 1.165) is 38.2 Å². The molecule has 0 radical (unpaired) electrons. The van der Waals surface area contributed by atoms with Gasteiger partial charge in [0, 0.05) is 25.5 Å². The SMILES string of the molecule is CCCn1ccnc1C1(O)CCCOC1. The molecule has 1 fully saturated rings. The van der Waals surface area contributed by atoms with E-state index in [2.05, 4.69) is 11.9 Å². The Hall–Kier alpha value is -0.870. The minimum Gasteiger partial charge on any atom is -0.379 e. The first-order valence-electron chi connectivity index (χ1n) is 5.58. The van der Waals surface area contributed by atoms with Crippen LogP contribution in [0.4, 0.5) is 0 Å². The average molecular weight is 210 g/mol. The van der Waals surface area contributed by atoms with E-state index in [1.54, 1.807) is 6.20 Å². The van der Waals surface area contributed by atoms with Gasteiger partial charge in [-0.3, -0.25) is 0 Å². The Bertz CT molecular complexity index is 316. The van der Waals surface area contributed by atoms with Gasteiger partial charge in [0.2, 0.25) is 0 Å². The van der Waals surface area contributed by atoms with Crippen molar-refractivity contribution in [2.24, 2.45) is 0 Å². The standard InChI is InChI=1S/C11H18N2O2/c1-2-6-13-7-5-12-10(13)11(14)4-3-8-15-9-11/h5,7,14H,2-4,6,8-9H2,1H3. The second kappa shape index (κ2) is 4.33. The Balaban J connectivity index is 2.22. The molecule has 0 amide bonds. The van der Waals surface area contributed by atoms with Gasteiger partial charge in [-0.1, -0.05) is 6.92 Å². The van der Waals surface area contributed by atoms with E-state index >= 15 is 0 Å². The summed E-state index contributed by atoms with van der Waals surface area (Å²) in [5.74, 6) is 0.754. The Kier molecular flexibility index (Phi) is 3.07. The maximum absolute atomic E-state index is 10.4. The van der Waals surface area contributed by atoms with Crippen LogP contribution in [-0.2, 0) is 16.9 Å². The minimum atomic E-state index is -0.878. The van der Waals surface area contributed by atoms with Crippen molar-refractivity contribution in [3.63, 3.8) is 0 Å². The van der Waals surface area contributed by atoms with Crippen LogP contribution in [0.15, 0.2) is 12.4 Å². The van der Waals surface area contributed by atoms with Crippen LogP contribution < -0.4 is 0 Å². The van der Waals surface area contributed by atoms with Gasteiger partial charge in [-0.25, -0.2) is 4.98 Å². The van der Waals surface area contributed by atoms with Crippen LogP contribution in [0, 0.1) is 0 Å². The van der Waals surface area contributed by atoms with Crippen molar-refractivity contribution in [1.29, 1.82) is 0 Å². The van der Waals surface area contributed by atoms with Gasteiger partial charge in [0.05, 0.1) is 6.61 Å². The summed E-state index contributed by atoms with van der Waals surface area (Å²) in [7, 11) is 0. The molecule has 0 aliphatic carbocycles. The van der Waals surface area contributed by atoms with Gasteiger partial charge in [-0.15, -0.1) is 0 Å². The van der Waals surface area contributed by atoms with Crippen LogP contribution in [0.3, 0.4) is 0 Å². The van der Waals surface area contributed by atoms with Crippen molar-refractivity contribution >= 4 is 0 Å². The van der Waals surface area contributed by atoms with Crippen molar-refractivity contribution in [2.75, 3.05) is 13.2 Å². The Morgan fingerprint density at radius 1 is 1.67 bits per heavy atom. The molecule has 84 valence electrons. The van der Waals surface area contributed by atoms with E-state index in [0.29, 0.717) is 6.61 Å². The molecule has 1 aliphatic rings. The zero-order chi connectivity index (χ0) is 10.7. The van der Waals surface area contributed by atoms with Crippen LogP contribution >= 0.6 is 0 Å². The number of hydrogen-bond acceptors (Lipinski definition) is 3. The van der Waals surface area contributed by atoms with Crippen LogP contribution in [0.2, 0.25) is 0 Å². The first-order valence-corrected chi connectivity index (χ1v) is 5.58. The van der Waals surface area contributed by atoms with Crippen LogP contribution in [-0.4, -0.2) is 27.9 Å². The van der Waals surface area contributed by atoms with E-state index in [4.69, 9.17) is 4.74 Å². The third-order valence-electron chi connectivity index (χ3n) is 2.82. The van der Waals surface area contributed by atoms with Gasteiger partial charge in [-0.05, 0) is 19.3 Å². The second-order valence-corrected chi connectivity index (χ2v) is 4.13. The third-order valence-corrected chi connectivity index (χ3v) is 2.82. The summed E-state index contributed by atoms with van der Waals surface area (Å²) in [6.07, 6.45) is 6.35. The molecule has 4 nitrogen and oxygen atoms in total. The fourth-order valence-corrected chi connectivity index (χ4v) is 2.09. The van der Waals surface area contributed by atoms with Crippen LogP contribution in [0.25, 0.3) is 0 Å². The third kappa shape index (κ3) is 2.06. The number of rotatable bonds is 3. The first kappa shape index (κ1) is 10.6. The zero-order valence-electron chi connectivity index (χ0n) is 9.15. The van der Waals surface area contributed by atoms with Crippen molar-refractivity contribution in [3.05, 3.63) is 18.2 Å². The van der Waals surface area contributed by atoms with Crippen molar-refractivity contribution in [1.82, 2.24) is 9.55 Å². The highest BCUT2D eigenvalue weighted by atomic mass is 16.5. The highest BCUT2D eigenvalue weighted by molar-refractivity contribution is 5.06. The normalized spacial score (nSPS) is 26.8. The molecule has 4 heteroatoms. The van der Waals surface area contributed by atoms with Crippen molar-refractivity contribution in [2.45, 2.75) is 38.3 Å². The molecule has 1 aromatic rings. The maximum Gasteiger partial charge on any atom is 0.145 e. The molecule has 1 aromatic heterocycles. The predicted octanol–water partition coefficient (Wildman–Crippen LogP) is 1.29. The topological polar surface area (TPSA) is 47.3 Å². The van der Waals surface area contributed by atoms with E-state index < -0.39 is 5.60 Å². The number of aliphatic hydroxyl groups is 1. The number of hydrogen-bond donors (Lipinski definition) is 1. The summed E-state index contributed by atoms with van der Waals surface area (Å²) in [5.41, 5.74) is -0.878. The second-order valence-electron chi connectivity index (χ2n) is 4.13. The van der Waals surface area contributed by atoms with Gasteiger partial charge in [0.1, 0.15) is 11.4 Å². The van der Waals surface area contributed by atoms with E-state index in [-0.39, 0.29) is 0 Å². The summed E-state index contributed by atoms with van der Waals surface area (Å²) in [4.78, 5) is 4.26. The minimum absolute atomic E-state index is 0.369. The lowest BCUT2D eigenvalue weighted by Gasteiger charge is -2.31. The molecule has 2 heterocycles. The van der Waals surface area contributed by atoms with Crippen molar-refractivity contribution in [3.8, 4) is 0 Å². The van der Waals surface area contributed by atoms with Gasteiger partial charge in [0.15, 0.2) is 0 Å². The number of nitrogens with zero attached hydrogens (tertiary/aromatic N) is 2. The predicted molar refractivity (Wildman–Crippen MR) is 56.5 cm³/mol. The van der Waals surface area contributed by atoms with Gasteiger partial charge >= 0.3 is 0 Å². The molecular weight excluding hydrogens is 192 g/mol. The van der Waals surface area contributed by atoms with Gasteiger partial charge in [0.25, 0.3) is 0 Å². The van der Waals surface area contributed by atoms with E-state index in [1.807, 2.05) is 10.8 Å². The molecule has 15 heavy (non-hydrogen) atoms. The molecule has 0 saturated carbocycles. The Morgan fingerprint density at radius 3 is 3.20 bits per heavy atom. The quantitative estimate of drug-likeness (QED) is 0.817. The molecule has 1 N–H and O–H groups in total. The number of aromatic nitrogens is 2. The molecule has 1 saturated heterocycles. The molecule has 2 rings (SSSR count). The summed E-state index contributed by atoms with van der Waals surface area (Å²) < 4.78 is 7.36. The molecule has 0 bridgehead atoms. The molecular formula is C11H18N2O2. The molecule has 0 aromatic carbocycles. The summed E-state index contributed by atoms with van der Waals surface area (Å²) in [6.45, 7) is 4.13. The number of ether oxygens (including phenoxy) is 1. The zero-order valence-corrected chi connectivity index (χ0v) is 9.15. The van der Waals surface area contributed by atoms with E-state index in [1.165, 1.54) is 0 Å². The van der Waals surface area contributed by atoms with Gasteiger partial charge < -0.3 is 14.4 Å². The largest absolute Gasteiger partial charge is 0.379 e. The lowest BCUT2D eigenvalue weighted by atomic mass is 9.96. The first-order chi connectivity index (χ1) is 7.26. The molecule has 1 aliphatic heterocycles. The summed E-state index contributed by atoms with van der Waals surface area (Å²) in [5, 5.41) is 10.4. The summed E-state index contributed by atoms with van der Waals surface area (Å²) in [6, 6.07) is 0. The van der Waals surface area contributed by atoms with Crippen molar-refractivity contribution < 1.29 is 9.84 Å². The molecule has 1 atom stereocenters. The maximum atomic E-state index is 10.4. The summed E-state index contributed by atoms with van der Waals surface area (Å²) >= 11 is 0. The molecule has 0 spiro atoms. The fourth-order valence-electron chi connectivity index (χ4n) is 2.09. The van der Waals surface area contributed by atoms with Crippen LogP contribution in [0.5, 0.6) is 0 Å². The Labute approximate surface area is 89.9 Å². The van der Waals surface area contributed by atoms with Gasteiger partial charge in [-0.2, -0.15) is 0 Å². The van der Waals surface area contributed by atoms with Crippen LogP contribution in [0.1, 0.15) is 32.0 Å². The average Bonchev–Trinajstić information content (AvgIpc) is 2.68. The fraction of sp³-hybridized carbons (Fsp3) is 0.727. The number of imidazole rings is 1. The lowest BCUT2D eigenvalue weighted by Crippen LogP contribution is -2.38. The lowest BCUT2D eigenvalue weighted by molar-refractivity contribution is -0.0972. The monoisotopic (exact) mass is 210 g/mol. The highest BCUT2D eigenvalue weighted by Gasteiger charge is 2.35. The molecule has 1 unspecified atom stereocenters.